The van der Waals surface area contributed by atoms with Crippen LogP contribution in [0.3, 0.4) is 0 Å². The number of benzene rings is 1. The predicted molar refractivity (Wildman–Crippen MR) is 76.6 cm³/mol. The molecule has 2 N–H and O–H groups in total. The average Bonchev–Trinajstić information content (AvgIpc) is 3.00. The molecular weight excluding hydrogens is 275 g/mol. The predicted octanol–water partition coefficient (Wildman–Crippen LogP) is 2.54. The van der Waals surface area contributed by atoms with Gasteiger partial charge in [0.2, 0.25) is 5.91 Å². The number of rotatable bonds is 6. The molecule has 1 aromatic carbocycles. The second kappa shape index (κ2) is 6.78. The lowest BCUT2D eigenvalue weighted by molar-refractivity contribution is -0.121. The molecule has 1 aromatic heterocycles. The lowest BCUT2D eigenvalue weighted by Crippen LogP contribution is -2.37. The molecule has 1 heterocycles. The third-order valence-electron chi connectivity index (χ3n) is 2.94. The zero-order valence-corrected chi connectivity index (χ0v) is 11.9. The van der Waals surface area contributed by atoms with Crippen molar-refractivity contribution in [1.82, 2.24) is 5.32 Å². The van der Waals surface area contributed by atoms with Crippen molar-refractivity contribution in [3.63, 3.8) is 0 Å². The van der Waals surface area contributed by atoms with Crippen LogP contribution in [0.5, 0.6) is 5.75 Å². The Morgan fingerprint density at radius 2 is 2.24 bits per heavy atom. The smallest absolute Gasteiger partial charge is 0.242 e. The summed E-state index contributed by atoms with van der Waals surface area (Å²) in [6, 6.07) is 7.40. The van der Waals surface area contributed by atoms with Gasteiger partial charge in [0.1, 0.15) is 11.8 Å². The van der Waals surface area contributed by atoms with Crippen LogP contribution in [0.1, 0.15) is 12.7 Å². The first kappa shape index (κ1) is 14.9. The monoisotopic (exact) mass is 292 g/mol. The lowest BCUT2D eigenvalue weighted by Gasteiger charge is -2.15. The summed E-state index contributed by atoms with van der Waals surface area (Å²) in [7, 11) is 1.39. The van der Waals surface area contributed by atoms with Crippen LogP contribution in [-0.4, -0.2) is 19.1 Å². The molecule has 0 fully saturated rings. The number of carbonyl (C=O) groups is 1. The molecule has 1 unspecified atom stereocenters. The second-order valence-corrected chi connectivity index (χ2v) is 4.51. The van der Waals surface area contributed by atoms with Crippen LogP contribution in [0.25, 0.3) is 0 Å². The van der Waals surface area contributed by atoms with E-state index < -0.39 is 11.9 Å². The molecule has 0 saturated heterocycles. The Kier molecular flexibility index (Phi) is 4.81. The number of hydrogen-bond donors (Lipinski definition) is 2. The molecule has 0 radical (unpaired) electrons. The second-order valence-electron chi connectivity index (χ2n) is 4.51. The van der Waals surface area contributed by atoms with Gasteiger partial charge in [-0.3, -0.25) is 4.79 Å². The molecule has 0 aliphatic rings. The van der Waals surface area contributed by atoms with Crippen molar-refractivity contribution in [3.8, 4) is 5.75 Å². The van der Waals surface area contributed by atoms with Gasteiger partial charge >= 0.3 is 0 Å². The zero-order valence-electron chi connectivity index (χ0n) is 11.9. The van der Waals surface area contributed by atoms with Gasteiger partial charge in [-0.2, -0.15) is 0 Å². The third kappa shape index (κ3) is 3.98. The van der Waals surface area contributed by atoms with Crippen molar-refractivity contribution < 1.29 is 18.3 Å². The quantitative estimate of drug-likeness (QED) is 0.859. The molecule has 2 aromatic rings. The highest BCUT2D eigenvalue weighted by Crippen LogP contribution is 2.21. The Balaban J connectivity index is 1.91. The first-order valence-electron chi connectivity index (χ1n) is 6.50. The Morgan fingerprint density at radius 3 is 2.90 bits per heavy atom. The molecule has 21 heavy (non-hydrogen) atoms. The highest BCUT2D eigenvalue weighted by atomic mass is 19.1. The molecule has 5 nitrogen and oxygen atoms in total. The van der Waals surface area contributed by atoms with Gasteiger partial charge in [0.25, 0.3) is 0 Å². The normalized spacial score (nSPS) is 11.8. The number of amides is 1. The van der Waals surface area contributed by atoms with E-state index >= 15 is 0 Å². The van der Waals surface area contributed by atoms with Crippen LogP contribution in [0.15, 0.2) is 41.0 Å². The number of halogens is 1. The van der Waals surface area contributed by atoms with Crippen molar-refractivity contribution in [2.75, 3.05) is 12.4 Å². The Labute approximate surface area is 122 Å². The summed E-state index contributed by atoms with van der Waals surface area (Å²) in [6.07, 6.45) is 1.55. The summed E-state index contributed by atoms with van der Waals surface area (Å²) in [4.78, 5) is 11.9. The summed E-state index contributed by atoms with van der Waals surface area (Å²) < 4.78 is 23.3. The molecule has 6 heteroatoms. The fourth-order valence-electron chi connectivity index (χ4n) is 1.81. The molecule has 1 atom stereocenters. The van der Waals surface area contributed by atoms with E-state index in [2.05, 4.69) is 10.6 Å². The van der Waals surface area contributed by atoms with Crippen LogP contribution in [0.4, 0.5) is 10.1 Å². The Morgan fingerprint density at radius 1 is 1.43 bits per heavy atom. The van der Waals surface area contributed by atoms with Crippen molar-refractivity contribution in [2.45, 2.75) is 19.5 Å². The Hall–Kier alpha value is -2.50. The van der Waals surface area contributed by atoms with Crippen LogP contribution in [0.2, 0.25) is 0 Å². The van der Waals surface area contributed by atoms with Crippen molar-refractivity contribution in [2.24, 2.45) is 0 Å². The van der Waals surface area contributed by atoms with Crippen molar-refractivity contribution >= 4 is 11.6 Å². The van der Waals surface area contributed by atoms with E-state index in [0.717, 1.165) is 0 Å². The number of anilines is 1. The minimum atomic E-state index is -0.477. The topological polar surface area (TPSA) is 63.5 Å². The summed E-state index contributed by atoms with van der Waals surface area (Å²) in [5, 5.41) is 5.73. The SMILES string of the molecule is COc1cc(NC(C)C(=O)NCc2ccco2)ccc1F. The van der Waals surface area contributed by atoms with Gasteiger partial charge < -0.3 is 19.8 Å². The van der Waals surface area contributed by atoms with Gasteiger partial charge in [0.15, 0.2) is 11.6 Å². The highest BCUT2D eigenvalue weighted by molar-refractivity contribution is 5.84. The van der Waals surface area contributed by atoms with E-state index in [9.17, 15) is 9.18 Å². The summed E-state index contributed by atoms with van der Waals surface area (Å²) in [5.74, 6) is 0.176. The van der Waals surface area contributed by atoms with E-state index in [0.29, 0.717) is 18.0 Å². The summed E-state index contributed by atoms with van der Waals surface area (Å²) in [6.45, 7) is 2.04. The van der Waals surface area contributed by atoms with Gasteiger partial charge in [-0.05, 0) is 31.2 Å². The maximum absolute atomic E-state index is 13.3. The molecular formula is C15H17FN2O3. The zero-order chi connectivity index (χ0) is 15.2. The van der Waals surface area contributed by atoms with Crippen LogP contribution >= 0.6 is 0 Å². The van der Waals surface area contributed by atoms with Crippen molar-refractivity contribution in [1.29, 1.82) is 0 Å². The van der Waals surface area contributed by atoms with Crippen molar-refractivity contribution in [3.05, 3.63) is 48.2 Å². The summed E-state index contributed by atoms with van der Waals surface area (Å²) in [5.41, 5.74) is 0.605. The minimum Gasteiger partial charge on any atom is -0.494 e. The first-order valence-corrected chi connectivity index (χ1v) is 6.50. The van der Waals surface area contributed by atoms with Gasteiger partial charge in [-0.1, -0.05) is 0 Å². The van der Waals surface area contributed by atoms with Crippen LogP contribution in [-0.2, 0) is 11.3 Å². The molecule has 0 spiro atoms. The lowest BCUT2D eigenvalue weighted by atomic mass is 10.2. The Bertz CT molecular complexity index is 599. The minimum absolute atomic E-state index is 0.128. The first-order chi connectivity index (χ1) is 10.1. The molecule has 0 aliphatic heterocycles. The number of hydrogen-bond acceptors (Lipinski definition) is 4. The molecule has 112 valence electrons. The van der Waals surface area contributed by atoms with Crippen LogP contribution in [0, 0.1) is 5.82 Å². The number of nitrogens with one attached hydrogen (secondary N) is 2. The van der Waals surface area contributed by atoms with E-state index in [1.54, 1.807) is 31.4 Å². The van der Waals surface area contributed by atoms with Gasteiger partial charge in [-0.15, -0.1) is 0 Å². The maximum Gasteiger partial charge on any atom is 0.242 e. The van der Waals surface area contributed by atoms with E-state index in [4.69, 9.17) is 9.15 Å². The number of ether oxygens (including phenoxy) is 1. The average molecular weight is 292 g/mol. The van der Waals surface area contributed by atoms with Gasteiger partial charge in [0, 0.05) is 11.8 Å². The van der Waals surface area contributed by atoms with E-state index in [1.165, 1.54) is 19.2 Å². The molecule has 2 rings (SSSR count). The highest BCUT2D eigenvalue weighted by Gasteiger charge is 2.13. The number of carbonyl (C=O) groups excluding carboxylic acids is 1. The number of furan rings is 1. The van der Waals surface area contributed by atoms with Crippen LogP contribution < -0.4 is 15.4 Å². The molecule has 0 saturated carbocycles. The van der Waals surface area contributed by atoms with E-state index in [1.807, 2.05) is 0 Å². The summed E-state index contributed by atoms with van der Waals surface area (Å²) >= 11 is 0. The van der Waals surface area contributed by atoms with Gasteiger partial charge in [-0.25, -0.2) is 4.39 Å². The third-order valence-corrected chi connectivity index (χ3v) is 2.94. The molecule has 1 amide bonds. The fourth-order valence-corrected chi connectivity index (χ4v) is 1.81. The molecule has 0 bridgehead atoms. The van der Waals surface area contributed by atoms with Gasteiger partial charge in [0.05, 0.1) is 19.9 Å². The standard InChI is InChI=1S/C15H17FN2O3/c1-10(15(19)17-9-12-4-3-7-21-12)18-11-5-6-13(16)14(8-11)20-2/h3-8,10,18H,9H2,1-2H3,(H,17,19). The maximum atomic E-state index is 13.3. The molecule has 0 aliphatic carbocycles. The number of methoxy groups -OCH3 is 1. The van der Waals surface area contributed by atoms with E-state index in [-0.39, 0.29) is 11.7 Å². The fraction of sp³-hybridized carbons (Fsp3) is 0.267. The largest absolute Gasteiger partial charge is 0.494 e.